The molecule has 0 aromatic carbocycles. The monoisotopic (exact) mass is 977 g/mol. The summed E-state index contributed by atoms with van der Waals surface area (Å²) in [5.41, 5.74) is 43.0. The Labute approximate surface area is 392 Å². The first kappa shape index (κ1) is 56.9. The maximum absolute atomic E-state index is 13.4. The van der Waals surface area contributed by atoms with E-state index in [-0.39, 0.29) is 121 Å². The van der Waals surface area contributed by atoms with Crippen LogP contribution in [0.5, 0.6) is 0 Å². The smallest absolute Gasteiger partial charge is 0.220 e. The van der Waals surface area contributed by atoms with E-state index >= 15 is 0 Å². The minimum absolute atomic E-state index is 0.0157. The number of hydrogen-bond acceptors (Lipinski definition) is 18. The van der Waals surface area contributed by atoms with Crippen LogP contribution in [0, 0.1) is 0 Å². The number of guanidine groups is 4. The van der Waals surface area contributed by atoms with Gasteiger partial charge in [0.15, 0.2) is 36.4 Å². The number of aliphatic hydroxyl groups is 6. The fourth-order valence-electron chi connectivity index (χ4n) is 7.62. The van der Waals surface area contributed by atoms with Gasteiger partial charge in [-0.3, -0.25) is 39.1 Å². The molecule has 4 amide bonds. The number of amides is 4. The fourth-order valence-corrected chi connectivity index (χ4v) is 7.62. The normalized spacial score (nSPS) is 30.1. The minimum Gasteiger partial charge on any atom is -0.394 e. The van der Waals surface area contributed by atoms with Crippen molar-refractivity contribution < 1.29 is 68.8 Å². The molecule has 68 heavy (non-hydrogen) atoms. The zero-order valence-corrected chi connectivity index (χ0v) is 37.8. The van der Waals surface area contributed by atoms with Crippen molar-refractivity contribution >= 4 is 47.5 Å². The first-order valence-electron chi connectivity index (χ1n) is 22.2. The predicted molar refractivity (Wildman–Crippen MR) is 242 cm³/mol. The van der Waals surface area contributed by atoms with Gasteiger partial charge in [0.1, 0.15) is 54.9 Å². The van der Waals surface area contributed by atoms with Gasteiger partial charge in [-0.15, -0.1) is 0 Å². The van der Waals surface area contributed by atoms with Crippen molar-refractivity contribution in [1.82, 2.24) is 21.3 Å². The number of nitrogens with one attached hydrogen (secondary N) is 4. The average molecular weight is 977 g/mol. The lowest BCUT2D eigenvalue weighted by Gasteiger charge is -2.49. The second-order valence-corrected chi connectivity index (χ2v) is 16.4. The van der Waals surface area contributed by atoms with Crippen LogP contribution in [0.1, 0.15) is 64.2 Å². The van der Waals surface area contributed by atoms with Crippen LogP contribution in [0.2, 0.25) is 0 Å². The van der Waals surface area contributed by atoms with E-state index in [4.69, 9.17) is 64.8 Å². The van der Waals surface area contributed by atoms with Crippen LogP contribution in [0.3, 0.4) is 0 Å². The van der Waals surface area contributed by atoms with Crippen LogP contribution >= 0.6 is 0 Å². The summed E-state index contributed by atoms with van der Waals surface area (Å²) in [6.45, 7) is -0.574. The van der Waals surface area contributed by atoms with Gasteiger partial charge in [0, 0.05) is 64.8 Å². The highest BCUT2D eigenvalue weighted by atomic mass is 16.7. The maximum Gasteiger partial charge on any atom is 0.220 e. The van der Waals surface area contributed by atoms with Crippen molar-refractivity contribution in [2.75, 3.05) is 39.3 Å². The summed E-state index contributed by atoms with van der Waals surface area (Å²) in [6, 6.07) is -3.42. The molecular weight excluding hydrogens is 905 g/mol. The third-order valence-electron chi connectivity index (χ3n) is 11.0. The van der Waals surface area contributed by atoms with E-state index in [1.54, 1.807) is 0 Å². The van der Waals surface area contributed by atoms with E-state index in [1.165, 1.54) is 0 Å². The molecule has 1 aliphatic carbocycles. The van der Waals surface area contributed by atoms with Crippen molar-refractivity contribution in [1.29, 1.82) is 0 Å². The van der Waals surface area contributed by atoms with E-state index in [2.05, 4.69) is 41.2 Å². The molecule has 1 saturated carbocycles. The molecule has 2 aliphatic heterocycles. The molecule has 14 unspecified atom stereocenters. The van der Waals surface area contributed by atoms with Gasteiger partial charge in [0.05, 0.1) is 24.7 Å². The molecule has 0 aromatic heterocycles. The summed E-state index contributed by atoms with van der Waals surface area (Å²) in [5, 5.41) is 77.3. The molecule has 0 spiro atoms. The van der Waals surface area contributed by atoms with Gasteiger partial charge in [-0.1, -0.05) is 0 Å². The number of ether oxygens (including phenoxy) is 4. The van der Waals surface area contributed by atoms with Crippen molar-refractivity contribution in [2.45, 2.75) is 150 Å². The van der Waals surface area contributed by atoms with E-state index in [0.717, 1.165) is 0 Å². The predicted octanol–water partition coefficient (Wildman–Crippen LogP) is -9.42. The summed E-state index contributed by atoms with van der Waals surface area (Å²) >= 11 is 0. The second-order valence-electron chi connectivity index (χ2n) is 16.4. The van der Waals surface area contributed by atoms with Crippen molar-refractivity contribution in [3.05, 3.63) is 0 Å². The quantitative estimate of drug-likeness (QED) is 0.0217. The number of hydrogen-bond donors (Lipinski definition) is 18. The van der Waals surface area contributed by atoms with Gasteiger partial charge >= 0.3 is 0 Å². The Balaban J connectivity index is 1.96. The van der Waals surface area contributed by atoms with Crippen LogP contribution in [-0.4, -0.2) is 203 Å². The average Bonchev–Trinajstić information content (AvgIpc) is 3.27. The van der Waals surface area contributed by atoms with Crippen molar-refractivity contribution in [2.24, 2.45) is 65.8 Å². The van der Waals surface area contributed by atoms with E-state index in [0.29, 0.717) is 0 Å². The Morgan fingerprint density at radius 2 is 0.926 bits per heavy atom. The topological polar surface area (TPSA) is 532 Å². The van der Waals surface area contributed by atoms with Gasteiger partial charge in [-0.05, 0) is 32.1 Å². The summed E-state index contributed by atoms with van der Waals surface area (Å²) in [6.07, 6.45) is -17.7. The van der Waals surface area contributed by atoms with Crippen LogP contribution in [0.4, 0.5) is 0 Å². The van der Waals surface area contributed by atoms with Gasteiger partial charge in [0.2, 0.25) is 23.6 Å². The molecule has 3 fully saturated rings. The van der Waals surface area contributed by atoms with Crippen molar-refractivity contribution in [3.63, 3.8) is 0 Å². The molecule has 0 radical (unpaired) electrons. The number of carbonyl (C=O) groups is 4. The summed E-state index contributed by atoms with van der Waals surface area (Å²) in [5.74, 6) is -2.77. The molecule has 30 heteroatoms. The van der Waals surface area contributed by atoms with Crippen LogP contribution < -0.4 is 67.1 Å². The molecule has 0 aromatic rings. The number of rotatable bonds is 26. The first-order chi connectivity index (χ1) is 32.2. The number of nitrogens with zero attached hydrogens (tertiary/aromatic N) is 4. The minimum atomic E-state index is -1.96. The third-order valence-corrected chi connectivity index (χ3v) is 11.0. The number of carbonyl (C=O) groups excluding carboxylic acids is 4. The van der Waals surface area contributed by atoms with Crippen LogP contribution in [0.15, 0.2) is 20.0 Å². The highest BCUT2D eigenvalue weighted by molar-refractivity contribution is 5.79. The maximum atomic E-state index is 13.4. The molecular formula is C38H72N16O14. The fraction of sp³-hybridized carbons (Fsp3) is 0.789. The number of aliphatic hydroxyl groups excluding tert-OH is 6. The Kier molecular flexibility index (Phi) is 24.1. The SMILES string of the molecule is NC(N)=NCCCC(=O)NCC1OC(OC2C(NC(=O)CCCN=C(N)N)CC(NC(=O)CCCN=C(N)N)C(OC3CC(NC(=O)CCCN=C(N)N)C(O)C(CO)O3)C2O)C(O)C(O)C1O. The largest absolute Gasteiger partial charge is 0.394 e. The lowest BCUT2D eigenvalue weighted by molar-refractivity contribution is -0.327. The molecule has 26 N–H and O–H groups in total. The number of aliphatic imine (C=N–C) groups is 4. The zero-order chi connectivity index (χ0) is 50.5. The van der Waals surface area contributed by atoms with Gasteiger partial charge in [-0.25, -0.2) is 0 Å². The van der Waals surface area contributed by atoms with E-state index in [9.17, 15) is 49.8 Å². The Hall–Kier alpha value is -5.44. The van der Waals surface area contributed by atoms with Gasteiger partial charge in [-0.2, -0.15) is 0 Å². The molecule has 30 nitrogen and oxygen atoms in total. The molecule has 14 atom stereocenters. The third kappa shape index (κ3) is 19.3. The van der Waals surface area contributed by atoms with Crippen LogP contribution in [-0.2, 0) is 38.1 Å². The molecule has 2 saturated heterocycles. The highest BCUT2D eigenvalue weighted by Crippen LogP contribution is 2.33. The standard InChI is InChI=1S/C38H72N16O14/c39-35(40)47-9-1-5-22(56)51-15-20-28(61)29(62)30(63)34(66-20)68-33-19(54-25(59)8-4-12-50-38(45)46)13-18(53-24(58)7-3-11-49-37(43)44)32(31(33)64)67-26-14-17(27(60)21(16-55)65-26)52-23(57)6-2-10-48-36(41)42/h17-21,26-34,55,60-64H,1-16H2,(H,51,56)(H,52,57)(H,53,58)(H,54,59)(H4,39,40,47)(H4,41,42,48)(H4,43,44,49)(H4,45,46,50). The summed E-state index contributed by atoms with van der Waals surface area (Å²) in [4.78, 5) is 67.8. The van der Waals surface area contributed by atoms with Crippen LogP contribution in [0.25, 0.3) is 0 Å². The molecule has 0 bridgehead atoms. The molecule has 2 heterocycles. The Morgan fingerprint density at radius 3 is 1.37 bits per heavy atom. The lowest BCUT2D eigenvalue weighted by atomic mass is 9.82. The van der Waals surface area contributed by atoms with Gasteiger partial charge in [0.25, 0.3) is 0 Å². The van der Waals surface area contributed by atoms with E-state index < -0.39 is 116 Å². The first-order valence-corrected chi connectivity index (χ1v) is 22.2. The second kappa shape index (κ2) is 28.8. The Bertz CT molecular complexity index is 1730. The Morgan fingerprint density at radius 1 is 0.500 bits per heavy atom. The highest BCUT2D eigenvalue weighted by Gasteiger charge is 2.52. The molecule has 3 aliphatic rings. The van der Waals surface area contributed by atoms with Crippen molar-refractivity contribution in [3.8, 4) is 0 Å². The zero-order valence-electron chi connectivity index (χ0n) is 37.8. The molecule has 3 rings (SSSR count). The lowest BCUT2D eigenvalue weighted by Crippen LogP contribution is -2.69. The van der Waals surface area contributed by atoms with Gasteiger partial charge < -0.3 is 117 Å². The summed E-state index contributed by atoms with van der Waals surface area (Å²) in [7, 11) is 0. The summed E-state index contributed by atoms with van der Waals surface area (Å²) < 4.78 is 24.3. The number of nitrogens with two attached hydrogens (primary N) is 8. The molecule has 388 valence electrons. The van der Waals surface area contributed by atoms with E-state index in [1.807, 2.05) is 0 Å².